The minimum absolute atomic E-state index is 0.157. The molecule has 0 bridgehead atoms. The van der Waals surface area contributed by atoms with Crippen LogP contribution in [0.25, 0.3) is 0 Å². The lowest BCUT2D eigenvalue weighted by Crippen LogP contribution is -2.40. The lowest BCUT2D eigenvalue weighted by atomic mass is 10.2. The van der Waals surface area contributed by atoms with Crippen LogP contribution in [0, 0.1) is 0 Å². The Kier molecular flexibility index (Phi) is 3.33. The van der Waals surface area contributed by atoms with Crippen LogP contribution in [0.15, 0.2) is 24.3 Å². The first-order valence-electron chi connectivity index (χ1n) is 4.46. The number of hydrogen-bond acceptors (Lipinski definition) is 4. The van der Waals surface area contributed by atoms with E-state index in [1.165, 1.54) is 17.0 Å². The van der Waals surface area contributed by atoms with E-state index < -0.39 is 12.5 Å². The smallest absolute Gasteiger partial charge is 0.126 e. The van der Waals surface area contributed by atoms with Crippen LogP contribution < -0.4 is 4.90 Å². The molecule has 0 amide bonds. The van der Waals surface area contributed by atoms with Crippen LogP contribution in [0.3, 0.4) is 0 Å². The number of hydrogen-bond donors (Lipinski definition) is 3. The first-order valence-corrected chi connectivity index (χ1v) is 4.46. The van der Waals surface area contributed by atoms with Crippen LogP contribution in [0.4, 0.5) is 5.69 Å². The molecule has 0 aliphatic carbocycles. The molecule has 0 spiro atoms. The van der Waals surface area contributed by atoms with E-state index >= 15 is 0 Å². The van der Waals surface area contributed by atoms with Crippen LogP contribution in [0.1, 0.15) is 13.8 Å². The fourth-order valence-electron chi connectivity index (χ4n) is 1.37. The third-order valence-electron chi connectivity index (χ3n) is 1.95. The number of aromatic hydroxyl groups is 1. The summed E-state index contributed by atoms with van der Waals surface area (Å²) in [5.41, 5.74) is 0.660. The summed E-state index contributed by atoms with van der Waals surface area (Å²) in [7, 11) is 0. The number of benzene rings is 1. The van der Waals surface area contributed by atoms with Crippen molar-refractivity contribution in [2.45, 2.75) is 26.3 Å². The van der Waals surface area contributed by atoms with Crippen molar-refractivity contribution in [1.82, 2.24) is 0 Å². The molecule has 14 heavy (non-hydrogen) atoms. The van der Waals surface area contributed by atoms with Crippen molar-refractivity contribution in [3.8, 4) is 5.75 Å². The standard InChI is InChI=1S/C10H15NO3/c1-7(12)11(8(2)13)9-3-5-10(14)6-4-9/h3-8,12-14H,1-2H3. The van der Waals surface area contributed by atoms with Gasteiger partial charge in [-0.1, -0.05) is 0 Å². The van der Waals surface area contributed by atoms with Crippen molar-refractivity contribution >= 4 is 5.69 Å². The quantitative estimate of drug-likeness (QED) is 0.629. The van der Waals surface area contributed by atoms with Gasteiger partial charge in [0.05, 0.1) is 0 Å². The van der Waals surface area contributed by atoms with Gasteiger partial charge in [0.2, 0.25) is 0 Å². The highest BCUT2D eigenvalue weighted by atomic mass is 16.3. The Morgan fingerprint density at radius 2 is 1.43 bits per heavy atom. The molecule has 0 aromatic heterocycles. The first-order chi connectivity index (χ1) is 6.52. The van der Waals surface area contributed by atoms with Gasteiger partial charge in [0.15, 0.2) is 0 Å². The number of phenolic OH excluding ortho intramolecular Hbond substituents is 1. The van der Waals surface area contributed by atoms with Gasteiger partial charge in [-0.15, -0.1) is 0 Å². The summed E-state index contributed by atoms with van der Waals surface area (Å²) in [6, 6.07) is 6.28. The van der Waals surface area contributed by atoms with E-state index in [1.807, 2.05) is 0 Å². The molecule has 0 fully saturated rings. The van der Waals surface area contributed by atoms with E-state index in [0.29, 0.717) is 5.69 Å². The van der Waals surface area contributed by atoms with Crippen LogP contribution in [-0.4, -0.2) is 27.8 Å². The minimum Gasteiger partial charge on any atom is -0.508 e. The molecule has 4 nitrogen and oxygen atoms in total. The summed E-state index contributed by atoms with van der Waals surface area (Å²) in [4.78, 5) is 1.43. The van der Waals surface area contributed by atoms with E-state index in [9.17, 15) is 10.2 Å². The van der Waals surface area contributed by atoms with Crippen molar-refractivity contribution in [3.05, 3.63) is 24.3 Å². The van der Waals surface area contributed by atoms with E-state index in [2.05, 4.69) is 0 Å². The topological polar surface area (TPSA) is 63.9 Å². The van der Waals surface area contributed by atoms with E-state index in [0.717, 1.165) is 0 Å². The zero-order valence-corrected chi connectivity index (χ0v) is 8.25. The highest BCUT2D eigenvalue weighted by molar-refractivity contribution is 5.49. The van der Waals surface area contributed by atoms with Crippen LogP contribution in [-0.2, 0) is 0 Å². The fourth-order valence-corrected chi connectivity index (χ4v) is 1.37. The Labute approximate surface area is 83.0 Å². The Balaban J connectivity index is 2.94. The van der Waals surface area contributed by atoms with Crippen LogP contribution >= 0.6 is 0 Å². The van der Waals surface area contributed by atoms with E-state index in [1.54, 1.807) is 26.0 Å². The van der Waals surface area contributed by atoms with Crippen molar-refractivity contribution in [2.75, 3.05) is 4.90 Å². The summed E-state index contributed by atoms with van der Waals surface area (Å²) in [6.45, 7) is 3.14. The molecule has 4 heteroatoms. The highest BCUT2D eigenvalue weighted by Crippen LogP contribution is 2.21. The zero-order valence-electron chi connectivity index (χ0n) is 8.25. The van der Waals surface area contributed by atoms with Gasteiger partial charge >= 0.3 is 0 Å². The number of aliphatic hydroxyl groups is 2. The largest absolute Gasteiger partial charge is 0.508 e. The Morgan fingerprint density at radius 3 is 1.79 bits per heavy atom. The molecule has 0 saturated heterocycles. The molecule has 1 rings (SSSR count). The number of aliphatic hydroxyl groups excluding tert-OH is 2. The molecule has 78 valence electrons. The molecule has 1 aromatic rings. The number of rotatable bonds is 3. The predicted octanol–water partition coefficient (Wildman–Crippen LogP) is 0.875. The summed E-state index contributed by atoms with van der Waals surface area (Å²) in [6.07, 6.45) is -1.56. The molecule has 1 aromatic carbocycles. The van der Waals surface area contributed by atoms with Gasteiger partial charge in [-0.3, -0.25) is 0 Å². The first kappa shape index (κ1) is 10.8. The van der Waals surface area contributed by atoms with Crippen molar-refractivity contribution in [3.63, 3.8) is 0 Å². The molecular weight excluding hydrogens is 182 g/mol. The summed E-state index contributed by atoms with van der Waals surface area (Å²) >= 11 is 0. The van der Waals surface area contributed by atoms with Gasteiger partial charge in [-0.05, 0) is 38.1 Å². The van der Waals surface area contributed by atoms with Crippen molar-refractivity contribution in [1.29, 1.82) is 0 Å². The second-order valence-corrected chi connectivity index (χ2v) is 3.19. The molecule has 0 radical (unpaired) electrons. The summed E-state index contributed by atoms with van der Waals surface area (Å²) in [5, 5.41) is 27.9. The molecule has 0 saturated carbocycles. The predicted molar refractivity (Wildman–Crippen MR) is 53.9 cm³/mol. The lowest BCUT2D eigenvalue weighted by Gasteiger charge is -2.30. The molecule has 0 aliphatic rings. The molecule has 0 heterocycles. The van der Waals surface area contributed by atoms with Crippen molar-refractivity contribution < 1.29 is 15.3 Å². The summed E-state index contributed by atoms with van der Waals surface area (Å²) < 4.78 is 0. The van der Waals surface area contributed by atoms with Gasteiger partial charge in [0, 0.05) is 5.69 Å². The average molecular weight is 197 g/mol. The Hall–Kier alpha value is -1.26. The average Bonchev–Trinajstić information content (AvgIpc) is 2.07. The van der Waals surface area contributed by atoms with E-state index in [4.69, 9.17) is 5.11 Å². The maximum absolute atomic E-state index is 9.41. The highest BCUT2D eigenvalue weighted by Gasteiger charge is 2.16. The normalized spacial score (nSPS) is 14.9. The lowest BCUT2D eigenvalue weighted by molar-refractivity contribution is 0.105. The number of nitrogens with zero attached hydrogens (tertiary/aromatic N) is 1. The molecule has 3 N–H and O–H groups in total. The SMILES string of the molecule is CC(O)N(c1ccc(O)cc1)C(C)O. The van der Waals surface area contributed by atoms with Gasteiger partial charge < -0.3 is 20.2 Å². The second kappa shape index (κ2) is 4.30. The fraction of sp³-hybridized carbons (Fsp3) is 0.400. The maximum Gasteiger partial charge on any atom is 0.126 e. The van der Waals surface area contributed by atoms with Gasteiger partial charge in [-0.2, -0.15) is 0 Å². The molecule has 0 aliphatic heterocycles. The second-order valence-electron chi connectivity index (χ2n) is 3.19. The number of anilines is 1. The monoisotopic (exact) mass is 197 g/mol. The number of phenols is 1. The van der Waals surface area contributed by atoms with Crippen molar-refractivity contribution in [2.24, 2.45) is 0 Å². The third kappa shape index (κ3) is 2.37. The van der Waals surface area contributed by atoms with Gasteiger partial charge in [-0.25, -0.2) is 0 Å². The minimum atomic E-state index is -0.778. The maximum atomic E-state index is 9.41. The Bertz CT molecular complexity index is 274. The Morgan fingerprint density at radius 1 is 1.00 bits per heavy atom. The van der Waals surface area contributed by atoms with Gasteiger partial charge in [0.1, 0.15) is 18.2 Å². The molecular formula is C10H15NO3. The summed E-state index contributed by atoms with van der Waals surface area (Å²) in [5.74, 6) is 0.157. The van der Waals surface area contributed by atoms with Crippen LogP contribution in [0.5, 0.6) is 5.75 Å². The van der Waals surface area contributed by atoms with E-state index in [-0.39, 0.29) is 5.75 Å². The third-order valence-corrected chi connectivity index (χ3v) is 1.95. The zero-order chi connectivity index (χ0) is 10.7. The molecule has 2 unspecified atom stereocenters. The molecule has 2 atom stereocenters. The van der Waals surface area contributed by atoms with Crippen LogP contribution in [0.2, 0.25) is 0 Å². The van der Waals surface area contributed by atoms with Gasteiger partial charge in [0.25, 0.3) is 0 Å².